The second kappa shape index (κ2) is 8.69. The molecule has 6 nitrogen and oxygen atoms in total. The van der Waals surface area contributed by atoms with E-state index in [4.69, 9.17) is 9.47 Å². The molecule has 150 valence electrons. The normalized spacial score (nSPS) is 12.8. The molecule has 7 heteroatoms. The Bertz CT molecular complexity index is 1030. The number of Topliss-reactive ketones (excluding diaryl/α,β-unsaturated/α-hetero) is 1. The largest absolute Gasteiger partial charge is 0.486 e. The monoisotopic (exact) mass is 409 g/mol. The van der Waals surface area contributed by atoms with Crippen molar-refractivity contribution in [2.75, 3.05) is 19.0 Å². The lowest BCUT2D eigenvalue weighted by atomic mass is 10.1. The molecule has 0 aliphatic carbocycles. The van der Waals surface area contributed by atoms with Gasteiger partial charge in [0.1, 0.15) is 13.2 Å². The number of ether oxygens (including phenoxy) is 2. The summed E-state index contributed by atoms with van der Waals surface area (Å²) in [6.45, 7) is 6.02. The fraction of sp³-hybridized carbons (Fsp3) is 0.318. The van der Waals surface area contributed by atoms with Crippen LogP contribution in [0, 0.1) is 6.92 Å². The zero-order valence-electron chi connectivity index (χ0n) is 16.6. The average Bonchev–Trinajstić information content (AvgIpc) is 3.14. The zero-order valence-corrected chi connectivity index (χ0v) is 17.4. The van der Waals surface area contributed by atoms with E-state index in [1.54, 1.807) is 18.2 Å². The third-order valence-corrected chi connectivity index (χ3v) is 5.60. The highest BCUT2D eigenvalue weighted by atomic mass is 32.2. The summed E-state index contributed by atoms with van der Waals surface area (Å²) in [5.41, 5.74) is 2.83. The van der Waals surface area contributed by atoms with E-state index in [9.17, 15) is 4.79 Å². The maximum absolute atomic E-state index is 12.7. The number of nitrogens with zero attached hydrogens (tertiary/aromatic N) is 3. The smallest absolute Gasteiger partial charge is 0.191 e. The van der Waals surface area contributed by atoms with Gasteiger partial charge in [0.25, 0.3) is 0 Å². The Kier molecular flexibility index (Phi) is 5.85. The van der Waals surface area contributed by atoms with Gasteiger partial charge in [0, 0.05) is 17.7 Å². The van der Waals surface area contributed by atoms with Crippen LogP contribution in [0.5, 0.6) is 11.5 Å². The van der Waals surface area contributed by atoms with Crippen molar-refractivity contribution in [3.8, 4) is 22.9 Å². The van der Waals surface area contributed by atoms with Gasteiger partial charge in [0.2, 0.25) is 0 Å². The summed E-state index contributed by atoms with van der Waals surface area (Å²) in [6.07, 6.45) is 0.959. The van der Waals surface area contributed by atoms with E-state index >= 15 is 0 Å². The summed E-state index contributed by atoms with van der Waals surface area (Å²) in [4.78, 5) is 12.7. The minimum Gasteiger partial charge on any atom is -0.486 e. The first kappa shape index (κ1) is 19.5. The first-order valence-corrected chi connectivity index (χ1v) is 10.7. The van der Waals surface area contributed by atoms with Crippen LogP contribution in [0.1, 0.15) is 29.3 Å². The number of aryl methyl sites for hydroxylation is 1. The highest BCUT2D eigenvalue weighted by molar-refractivity contribution is 7.99. The highest BCUT2D eigenvalue weighted by Gasteiger charge is 2.18. The van der Waals surface area contributed by atoms with Crippen molar-refractivity contribution in [3.05, 3.63) is 53.6 Å². The van der Waals surface area contributed by atoms with E-state index in [1.165, 1.54) is 17.3 Å². The van der Waals surface area contributed by atoms with E-state index in [0.29, 0.717) is 30.3 Å². The van der Waals surface area contributed by atoms with E-state index in [2.05, 4.69) is 40.7 Å². The molecule has 0 fully saturated rings. The molecule has 0 N–H and O–H groups in total. The van der Waals surface area contributed by atoms with Crippen LogP contribution in [0.3, 0.4) is 0 Å². The van der Waals surface area contributed by atoms with Crippen molar-refractivity contribution in [3.63, 3.8) is 0 Å². The molecule has 2 aromatic carbocycles. The lowest BCUT2D eigenvalue weighted by molar-refractivity contribution is 0.102. The molecular formula is C22H23N3O3S. The molecule has 3 aromatic rings. The maximum Gasteiger partial charge on any atom is 0.191 e. The predicted molar refractivity (Wildman–Crippen MR) is 113 cm³/mol. The van der Waals surface area contributed by atoms with Crippen LogP contribution in [0.4, 0.5) is 0 Å². The van der Waals surface area contributed by atoms with Crippen LogP contribution in [0.25, 0.3) is 11.4 Å². The van der Waals surface area contributed by atoms with Crippen LogP contribution in [-0.4, -0.2) is 39.5 Å². The Morgan fingerprint density at radius 2 is 1.93 bits per heavy atom. The van der Waals surface area contributed by atoms with Gasteiger partial charge < -0.3 is 14.0 Å². The average molecular weight is 410 g/mol. The summed E-state index contributed by atoms with van der Waals surface area (Å²) in [6, 6.07) is 13.6. The topological polar surface area (TPSA) is 66.2 Å². The van der Waals surface area contributed by atoms with Crippen molar-refractivity contribution in [1.29, 1.82) is 0 Å². The second-order valence-corrected chi connectivity index (χ2v) is 7.84. The molecule has 1 aliphatic rings. The van der Waals surface area contributed by atoms with Gasteiger partial charge in [0.15, 0.2) is 28.3 Å². The van der Waals surface area contributed by atoms with Gasteiger partial charge >= 0.3 is 0 Å². The molecule has 0 spiro atoms. The van der Waals surface area contributed by atoms with Crippen LogP contribution in [-0.2, 0) is 6.54 Å². The summed E-state index contributed by atoms with van der Waals surface area (Å²) < 4.78 is 13.2. The number of benzene rings is 2. The molecule has 0 saturated heterocycles. The molecule has 0 saturated carbocycles. The number of fused-ring (bicyclic) bond motifs is 1. The lowest BCUT2D eigenvalue weighted by Crippen LogP contribution is -2.16. The van der Waals surface area contributed by atoms with Gasteiger partial charge in [-0.15, -0.1) is 10.2 Å². The Morgan fingerprint density at radius 1 is 1.10 bits per heavy atom. The number of thioether (sulfide) groups is 1. The maximum atomic E-state index is 12.7. The van der Waals surface area contributed by atoms with Gasteiger partial charge in [-0.05, 0) is 37.6 Å². The Labute approximate surface area is 174 Å². The first-order valence-electron chi connectivity index (χ1n) is 9.71. The number of ketones is 1. The SMILES string of the molecule is CCCn1c(SCC(=O)c2ccc3c(c2)OCCO3)nnc1-c1cccc(C)c1. The molecule has 1 aromatic heterocycles. The Balaban J connectivity index is 1.51. The molecule has 0 unspecified atom stereocenters. The van der Waals surface area contributed by atoms with Crippen LogP contribution < -0.4 is 9.47 Å². The second-order valence-electron chi connectivity index (χ2n) is 6.90. The summed E-state index contributed by atoms with van der Waals surface area (Å²) in [5, 5.41) is 9.51. The molecule has 4 rings (SSSR count). The van der Waals surface area contributed by atoms with Gasteiger partial charge in [-0.3, -0.25) is 4.79 Å². The fourth-order valence-corrected chi connectivity index (χ4v) is 4.11. The zero-order chi connectivity index (χ0) is 20.2. The minimum atomic E-state index is 0.0233. The number of hydrogen-bond donors (Lipinski definition) is 0. The third kappa shape index (κ3) is 4.29. The predicted octanol–water partition coefficient (Wildman–Crippen LogP) is 4.41. The number of carbonyl (C=O) groups is 1. The standard InChI is InChI=1S/C22H23N3O3S/c1-3-9-25-21(17-6-4-5-15(2)12-17)23-24-22(25)29-14-18(26)16-7-8-19-20(13-16)28-11-10-27-19/h4-8,12-13H,3,9-11,14H2,1-2H3. The van der Waals surface area contributed by atoms with Gasteiger partial charge in [0.05, 0.1) is 5.75 Å². The van der Waals surface area contributed by atoms with Gasteiger partial charge in [-0.25, -0.2) is 0 Å². The quantitative estimate of drug-likeness (QED) is 0.425. The molecule has 29 heavy (non-hydrogen) atoms. The molecule has 0 bridgehead atoms. The van der Waals surface area contributed by atoms with Crippen LogP contribution in [0.15, 0.2) is 47.6 Å². The van der Waals surface area contributed by atoms with E-state index < -0.39 is 0 Å². The van der Waals surface area contributed by atoms with Crippen molar-refractivity contribution < 1.29 is 14.3 Å². The Hall–Kier alpha value is -2.80. The molecule has 0 radical (unpaired) electrons. The van der Waals surface area contributed by atoms with Crippen molar-refractivity contribution in [1.82, 2.24) is 14.8 Å². The summed E-state index contributed by atoms with van der Waals surface area (Å²) in [7, 11) is 0. The molecule has 1 aliphatic heterocycles. The Morgan fingerprint density at radius 3 is 2.72 bits per heavy atom. The third-order valence-electron chi connectivity index (χ3n) is 4.64. The van der Waals surface area contributed by atoms with E-state index in [-0.39, 0.29) is 11.5 Å². The summed E-state index contributed by atoms with van der Waals surface area (Å²) >= 11 is 1.41. The highest BCUT2D eigenvalue weighted by Crippen LogP contribution is 2.32. The fourth-order valence-electron chi connectivity index (χ4n) is 3.25. The van der Waals surface area contributed by atoms with Gasteiger partial charge in [-0.1, -0.05) is 42.4 Å². The number of rotatable bonds is 7. The number of hydrogen-bond acceptors (Lipinski definition) is 6. The molecule has 2 heterocycles. The van der Waals surface area contributed by atoms with Crippen molar-refractivity contribution in [2.24, 2.45) is 0 Å². The number of aromatic nitrogens is 3. The van der Waals surface area contributed by atoms with Crippen LogP contribution >= 0.6 is 11.8 Å². The molecule has 0 amide bonds. The van der Waals surface area contributed by atoms with E-state index in [1.807, 2.05) is 12.1 Å². The first-order chi connectivity index (χ1) is 14.2. The minimum absolute atomic E-state index is 0.0233. The van der Waals surface area contributed by atoms with Crippen LogP contribution in [0.2, 0.25) is 0 Å². The van der Waals surface area contributed by atoms with E-state index in [0.717, 1.165) is 29.5 Å². The van der Waals surface area contributed by atoms with Crippen molar-refractivity contribution in [2.45, 2.75) is 32.0 Å². The van der Waals surface area contributed by atoms with Gasteiger partial charge in [-0.2, -0.15) is 0 Å². The molecule has 0 atom stereocenters. The summed E-state index contributed by atoms with van der Waals surface area (Å²) in [5.74, 6) is 2.46. The van der Waals surface area contributed by atoms with Crippen molar-refractivity contribution >= 4 is 17.5 Å². The molecular weight excluding hydrogens is 386 g/mol. The number of carbonyl (C=O) groups excluding carboxylic acids is 1. The lowest BCUT2D eigenvalue weighted by Gasteiger charge is -2.18.